The van der Waals surface area contributed by atoms with Crippen LogP contribution in [0.2, 0.25) is 0 Å². The van der Waals surface area contributed by atoms with E-state index in [1.165, 1.54) is 0 Å². The zero-order chi connectivity index (χ0) is 18.0. The molecular formula is C20H22N3O2+. The molecule has 1 aromatic carbocycles. The van der Waals surface area contributed by atoms with Gasteiger partial charge in [0.05, 0.1) is 0 Å². The fourth-order valence-electron chi connectivity index (χ4n) is 3.05. The maximum atomic E-state index is 12.6. The van der Waals surface area contributed by atoms with Gasteiger partial charge in [-0.2, -0.15) is 0 Å². The number of carbonyl (C=O) groups is 2. The Labute approximate surface area is 147 Å². The summed E-state index contributed by atoms with van der Waals surface area (Å²) in [6, 6.07) is 7.17. The highest BCUT2D eigenvalue weighted by Gasteiger charge is 2.39. The van der Waals surface area contributed by atoms with E-state index in [9.17, 15) is 9.59 Å². The third-order valence-electron chi connectivity index (χ3n) is 4.36. The van der Waals surface area contributed by atoms with Crippen molar-refractivity contribution in [2.75, 3.05) is 20.6 Å². The number of allylic oxidation sites excluding steroid dienone is 1. The average Bonchev–Trinajstić information content (AvgIpc) is 3.11. The summed E-state index contributed by atoms with van der Waals surface area (Å²) in [5, 5.41) is 0. The van der Waals surface area contributed by atoms with Crippen LogP contribution in [0.25, 0.3) is 5.57 Å². The molecule has 5 nitrogen and oxygen atoms in total. The molecular weight excluding hydrogens is 314 g/mol. The number of hydrogen-bond acceptors (Lipinski definition) is 2. The number of amides is 2. The summed E-state index contributed by atoms with van der Waals surface area (Å²) in [5.41, 5.74) is 3.46. The van der Waals surface area contributed by atoms with E-state index in [0.29, 0.717) is 12.1 Å². The minimum absolute atomic E-state index is 0.0334. The van der Waals surface area contributed by atoms with E-state index < -0.39 is 0 Å². The number of hydrogen-bond donors (Lipinski definition) is 1. The quantitative estimate of drug-likeness (QED) is 0.801. The monoisotopic (exact) mass is 336 g/mol. The highest BCUT2D eigenvalue weighted by Crippen LogP contribution is 2.31. The Morgan fingerprint density at radius 2 is 2.20 bits per heavy atom. The summed E-state index contributed by atoms with van der Waals surface area (Å²) >= 11 is 0. The van der Waals surface area contributed by atoms with E-state index >= 15 is 0 Å². The first-order chi connectivity index (χ1) is 12.0. The first-order valence-electron chi connectivity index (χ1n) is 8.28. The molecule has 1 atom stereocenters. The van der Waals surface area contributed by atoms with Crippen LogP contribution in [0, 0.1) is 0 Å². The number of nitrogens with one attached hydrogen (secondary N) is 1. The molecule has 0 aromatic heterocycles. The summed E-state index contributed by atoms with van der Waals surface area (Å²) in [5.74, 6) is -0.00869. The van der Waals surface area contributed by atoms with Crippen LogP contribution in [0.15, 0.2) is 54.8 Å². The van der Waals surface area contributed by atoms with Crippen molar-refractivity contribution in [1.82, 2.24) is 9.80 Å². The molecule has 0 saturated heterocycles. The van der Waals surface area contributed by atoms with Crippen molar-refractivity contribution in [3.8, 4) is 0 Å². The number of rotatable bonds is 5. The van der Waals surface area contributed by atoms with Crippen LogP contribution in [0.5, 0.6) is 0 Å². The molecule has 0 saturated carbocycles. The third kappa shape index (κ3) is 3.18. The molecule has 2 amide bonds. The second-order valence-corrected chi connectivity index (χ2v) is 6.32. The second kappa shape index (κ2) is 6.89. The van der Waals surface area contributed by atoms with Crippen LogP contribution in [-0.2, 0) is 4.79 Å². The molecule has 0 bridgehead atoms. The standard InChI is InChI=1S/C20H21N3O2/c1-4-5-11-23-13-17(16-9-10-21-18(16)20(23)25)14-7-6-8-15(12-14)19(24)22(2)3/h4,6-10,12-13,18H,1,5,11H2,2-3H3/p+1. The molecule has 5 heteroatoms. The summed E-state index contributed by atoms with van der Waals surface area (Å²) in [6.45, 7) is 4.32. The lowest BCUT2D eigenvalue weighted by atomic mass is 9.90. The minimum atomic E-state index is -0.363. The molecule has 25 heavy (non-hydrogen) atoms. The van der Waals surface area contributed by atoms with Crippen LogP contribution < -0.4 is 4.99 Å². The van der Waals surface area contributed by atoms with Crippen LogP contribution in [-0.4, -0.2) is 54.5 Å². The molecule has 0 spiro atoms. The zero-order valence-electron chi connectivity index (χ0n) is 14.5. The van der Waals surface area contributed by atoms with Gasteiger partial charge in [0, 0.05) is 49.6 Å². The largest absolute Gasteiger partial charge is 0.345 e. The van der Waals surface area contributed by atoms with E-state index in [1.807, 2.05) is 30.5 Å². The van der Waals surface area contributed by atoms with Gasteiger partial charge in [0.2, 0.25) is 0 Å². The van der Waals surface area contributed by atoms with Crippen molar-refractivity contribution in [2.45, 2.75) is 12.5 Å². The van der Waals surface area contributed by atoms with Gasteiger partial charge in [0.25, 0.3) is 17.9 Å². The lowest BCUT2D eigenvalue weighted by molar-refractivity contribution is -0.467. The van der Waals surface area contributed by atoms with Crippen LogP contribution in [0.4, 0.5) is 0 Å². The Morgan fingerprint density at radius 3 is 2.92 bits per heavy atom. The Balaban J connectivity index is 2.02. The van der Waals surface area contributed by atoms with E-state index in [2.05, 4.69) is 11.6 Å². The SMILES string of the molecule is C=CCCN1C=C(c2cccc(C(=O)N(C)C)c2)C2=CC=[NH+]C2C1=O. The Morgan fingerprint density at radius 1 is 1.40 bits per heavy atom. The molecule has 2 aliphatic rings. The van der Waals surface area contributed by atoms with Gasteiger partial charge in [-0.05, 0) is 24.1 Å². The number of fused-ring (bicyclic) bond motifs is 1. The molecule has 0 aliphatic carbocycles. The molecule has 0 fully saturated rings. The van der Waals surface area contributed by atoms with Crippen molar-refractivity contribution in [1.29, 1.82) is 0 Å². The van der Waals surface area contributed by atoms with Gasteiger partial charge >= 0.3 is 0 Å². The van der Waals surface area contributed by atoms with Crippen molar-refractivity contribution in [3.05, 3.63) is 65.9 Å². The second-order valence-electron chi connectivity index (χ2n) is 6.32. The Hall–Kier alpha value is -2.95. The first kappa shape index (κ1) is 16.9. The molecule has 0 radical (unpaired) electrons. The molecule has 1 aromatic rings. The predicted molar refractivity (Wildman–Crippen MR) is 97.9 cm³/mol. The summed E-state index contributed by atoms with van der Waals surface area (Å²) in [6.07, 6.45) is 8.15. The fourth-order valence-corrected chi connectivity index (χ4v) is 3.05. The summed E-state index contributed by atoms with van der Waals surface area (Å²) in [4.78, 5) is 31.3. The number of carbonyl (C=O) groups excluding carboxylic acids is 2. The van der Waals surface area contributed by atoms with Crippen molar-refractivity contribution in [2.24, 2.45) is 0 Å². The average molecular weight is 336 g/mol. The van der Waals surface area contributed by atoms with Gasteiger partial charge in [-0.15, -0.1) is 6.58 Å². The molecule has 2 heterocycles. The molecule has 1 N–H and O–H groups in total. The van der Waals surface area contributed by atoms with Crippen LogP contribution >= 0.6 is 0 Å². The van der Waals surface area contributed by atoms with Crippen LogP contribution in [0.3, 0.4) is 0 Å². The summed E-state index contributed by atoms with van der Waals surface area (Å²) in [7, 11) is 3.47. The normalized spacial score (nSPS) is 18.6. The topological polar surface area (TPSA) is 54.6 Å². The lowest BCUT2D eigenvalue weighted by Gasteiger charge is -2.27. The zero-order valence-corrected chi connectivity index (χ0v) is 14.5. The number of benzene rings is 1. The maximum Gasteiger partial charge on any atom is 0.300 e. The van der Waals surface area contributed by atoms with Crippen molar-refractivity contribution in [3.63, 3.8) is 0 Å². The smallest absolute Gasteiger partial charge is 0.300 e. The number of nitrogens with zero attached hydrogens (tertiary/aromatic N) is 2. The predicted octanol–water partition coefficient (Wildman–Crippen LogP) is 0.608. The first-order valence-corrected chi connectivity index (χ1v) is 8.28. The fraction of sp³-hybridized carbons (Fsp3) is 0.250. The summed E-state index contributed by atoms with van der Waals surface area (Å²) < 4.78 is 0. The highest BCUT2D eigenvalue weighted by atomic mass is 16.2. The van der Waals surface area contributed by atoms with Gasteiger partial charge < -0.3 is 9.80 Å². The van der Waals surface area contributed by atoms with Crippen LogP contribution in [0.1, 0.15) is 22.3 Å². The minimum Gasteiger partial charge on any atom is -0.345 e. The van der Waals surface area contributed by atoms with Crippen molar-refractivity contribution >= 4 is 23.6 Å². The van der Waals surface area contributed by atoms with Gasteiger partial charge in [-0.25, -0.2) is 4.99 Å². The molecule has 128 valence electrons. The molecule has 2 aliphatic heterocycles. The maximum absolute atomic E-state index is 12.6. The van der Waals surface area contributed by atoms with Crippen molar-refractivity contribution < 1.29 is 14.6 Å². The highest BCUT2D eigenvalue weighted by molar-refractivity contribution is 6.02. The lowest BCUT2D eigenvalue weighted by Crippen LogP contribution is -2.79. The van der Waals surface area contributed by atoms with Gasteiger partial charge in [0.1, 0.15) is 0 Å². The third-order valence-corrected chi connectivity index (χ3v) is 4.36. The van der Waals surface area contributed by atoms with E-state index in [-0.39, 0.29) is 17.9 Å². The van der Waals surface area contributed by atoms with Gasteiger partial charge in [0.15, 0.2) is 6.21 Å². The molecule has 3 rings (SSSR count). The Bertz CT molecular complexity index is 818. The Kier molecular flexibility index (Phi) is 4.65. The van der Waals surface area contributed by atoms with Gasteiger partial charge in [-0.3, -0.25) is 9.59 Å². The van der Waals surface area contributed by atoms with Gasteiger partial charge in [-0.1, -0.05) is 18.2 Å². The van der Waals surface area contributed by atoms with E-state index in [1.54, 1.807) is 42.3 Å². The van der Waals surface area contributed by atoms with E-state index in [0.717, 1.165) is 23.1 Å². The van der Waals surface area contributed by atoms with E-state index in [4.69, 9.17) is 0 Å². The molecule has 1 unspecified atom stereocenters.